The first kappa shape index (κ1) is 24.8. The molecule has 0 radical (unpaired) electrons. The lowest BCUT2D eigenvalue weighted by Gasteiger charge is -2.32. The standard InChI is InChI=1S/C23H33FN8O3/c1-4-14(2)28-20(33)19-29-21(31-22(30-19)35-12-16-9-23(16,3)24)32-7-5-15(6-8-32)11-34-17-10-26-13-27-18(17)25/h10,13-16H,4-9,11-12H2,1-3H3,(H,28,33)(H2,25,26,27)/t14-,16?,23?/m1/s1. The summed E-state index contributed by atoms with van der Waals surface area (Å²) in [4.78, 5) is 35.6. The smallest absolute Gasteiger partial charge is 0.321 e. The number of aromatic nitrogens is 5. The number of nitrogen functional groups attached to an aromatic ring is 1. The van der Waals surface area contributed by atoms with Gasteiger partial charge in [-0.1, -0.05) is 6.92 Å². The molecule has 2 fully saturated rings. The number of alkyl halides is 1. The zero-order chi connectivity index (χ0) is 25.0. The van der Waals surface area contributed by atoms with Gasteiger partial charge in [0.1, 0.15) is 12.0 Å². The van der Waals surface area contributed by atoms with Crippen LogP contribution in [0.15, 0.2) is 12.5 Å². The molecular formula is C23H33FN8O3. The number of anilines is 2. The summed E-state index contributed by atoms with van der Waals surface area (Å²) in [7, 11) is 0. The number of halogens is 1. The van der Waals surface area contributed by atoms with Gasteiger partial charge in [-0.3, -0.25) is 4.79 Å². The van der Waals surface area contributed by atoms with Crippen molar-refractivity contribution in [1.82, 2.24) is 30.2 Å². The van der Waals surface area contributed by atoms with Crippen LogP contribution in [0.2, 0.25) is 0 Å². The number of hydrogen-bond acceptors (Lipinski definition) is 10. The first-order valence-electron chi connectivity index (χ1n) is 12.1. The Morgan fingerprint density at radius 3 is 2.69 bits per heavy atom. The summed E-state index contributed by atoms with van der Waals surface area (Å²) in [6.07, 6.45) is 5.84. The van der Waals surface area contributed by atoms with Gasteiger partial charge in [0, 0.05) is 25.0 Å². The summed E-state index contributed by atoms with van der Waals surface area (Å²) < 4.78 is 25.4. The van der Waals surface area contributed by atoms with Crippen molar-refractivity contribution >= 4 is 17.7 Å². The zero-order valence-electron chi connectivity index (χ0n) is 20.4. The molecule has 2 aromatic rings. The molecular weight excluding hydrogens is 455 g/mol. The van der Waals surface area contributed by atoms with Crippen LogP contribution in [0, 0.1) is 11.8 Å². The largest absolute Gasteiger partial charge is 0.488 e. The van der Waals surface area contributed by atoms with Gasteiger partial charge in [-0.05, 0) is 45.4 Å². The van der Waals surface area contributed by atoms with E-state index in [9.17, 15) is 9.18 Å². The number of nitrogens with zero attached hydrogens (tertiary/aromatic N) is 6. The van der Waals surface area contributed by atoms with Gasteiger partial charge >= 0.3 is 6.01 Å². The summed E-state index contributed by atoms with van der Waals surface area (Å²) in [6.45, 7) is 7.46. The average molecular weight is 489 g/mol. The van der Waals surface area contributed by atoms with Crippen LogP contribution in [0.1, 0.15) is 57.1 Å². The normalized spacial score (nSPS) is 23.0. The Balaban J connectivity index is 1.40. The minimum atomic E-state index is -1.22. The van der Waals surface area contributed by atoms with Gasteiger partial charge < -0.3 is 25.4 Å². The van der Waals surface area contributed by atoms with Crippen molar-refractivity contribution in [3.8, 4) is 11.8 Å². The van der Waals surface area contributed by atoms with E-state index in [2.05, 4.69) is 30.2 Å². The molecule has 3 heterocycles. The second kappa shape index (κ2) is 10.5. The number of nitrogens with one attached hydrogen (secondary N) is 1. The van der Waals surface area contributed by atoms with E-state index in [0.29, 0.717) is 49.6 Å². The Labute approximate surface area is 204 Å². The van der Waals surface area contributed by atoms with Crippen molar-refractivity contribution in [2.75, 3.05) is 36.9 Å². The van der Waals surface area contributed by atoms with Gasteiger partial charge in [0.2, 0.25) is 11.8 Å². The molecule has 3 N–H and O–H groups in total. The molecule has 4 rings (SSSR count). The van der Waals surface area contributed by atoms with E-state index in [-0.39, 0.29) is 36.3 Å². The van der Waals surface area contributed by atoms with Crippen molar-refractivity contribution in [3.05, 3.63) is 18.3 Å². The fourth-order valence-corrected chi connectivity index (χ4v) is 3.82. The van der Waals surface area contributed by atoms with Crippen LogP contribution in [0.4, 0.5) is 16.2 Å². The highest BCUT2D eigenvalue weighted by Gasteiger charge is 2.51. The molecule has 0 spiro atoms. The fourth-order valence-electron chi connectivity index (χ4n) is 3.82. The van der Waals surface area contributed by atoms with Crippen LogP contribution >= 0.6 is 0 Å². The van der Waals surface area contributed by atoms with E-state index in [0.717, 1.165) is 19.3 Å². The Kier molecular flexibility index (Phi) is 7.46. The van der Waals surface area contributed by atoms with Crippen molar-refractivity contribution in [2.24, 2.45) is 11.8 Å². The second-order valence-electron chi connectivity index (χ2n) is 9.53. The molecule has 2 aliphatic rings. The van der Waals surface area contributed by atoms with Crippen LogP contribution in [-0.4, -0.2) is 68.8 Å². The highest BCUT2D eigenvalue weighted by Crippen LogP contribution is 2.46. The molecule has 1 aliphatic carbocycles. The third kappa shape index (κ3) is 6.43. The van der Waals surface area contributed by atoms with E-state index in [1.54, 1.807) is 13.1 Å². The number of hydrogen-bond donors (Lipinski definition) is 2. The number of ether oxygens (including phenoxy) is 2. The second-order valence-corrected chi connectivity index (χ2v) is 9.53. The summed E-state index contributed by atoms with van der Waals surface area (Å²) in [6, 6.07) is 0.0163. The monoisotopic (exact) mass is 488 g/mol. The predicted molar refractivity (Wildman–Crippen MR) is 127 cm³/mol. The summed E-state index contributed by atoms with van der Waals surface area (Å²) in [5.74, 6) is 0.898. The van der Waals surface area contributed by atoms with E-state index in [1.807, 2.05) is 18.7 Å². The maximum atomic E-state index is 13.9. The van der Waals surface area contributed by atoms with E-state index in [1.165, 1.54) is 6.33 Å². The van der Waals surface area contributed by atoms with Crippen LogP contribution < -0.4 is 25.4 Å². The van der Waals surface area contributed by atoms with Crippen molar-refractivity contribution in [3.63, 3.8) is 0 Å². The lowest BCUT2D eigenvalue weighted by Crippen LogP contribution is -2.38. The molecule has 1 saturated heterocycles. The maximum absolute atomic E-state index is 13.9. The first-order valence-corrected chi connectivity index (χ1v) is 12.1. The minimum absolute atomic E-state index is 0.00545. The molecule has 1 amide bonds. The Bertz CT molecular complexity index is 1030. The summed E-state index contributed by atoms with van der Waals surface area (Å²) in [5.41, 5.74) is 4.60. The number of carbonyl (C=O) groups excluding carboxylic acids is 1. The molecule has 2 aromatic heterocycles. The van der Waals surface area contributed by atoms with Gasteiger partial charge in [-0.25, -0.2) is 14.4 Å². The number of amides is 1. The van der Waals surface area contributed by atoms with Crippen molar-refractivity contribution in [2.45, 2.75) is 58.2 Å². The Hall–Kier alpha value is -3.31. The maximum Gasteiger partial charge on any atom is 0.321 e. The average Bonchev–Trinajstić information content (AvgIpc) is 3.48. The molecule has 3 atom stereocenters. The van der Waals surface area contributed by atoms with E-state index in [4.69, 9.17) is 15.2 Å². The molecule has 12 heteroatoms. The topological polar surface area (TPSA) is 141 Å². The molecule has 0 bridgehead atoms. The zero-order valence-corrected chi connectivity index (χ0v) is 20.4. The number of nitrogens with two attached hydrogens (primary N) is 1. The third-order valence-electron chi connectivity index (χ3n) is 6.63. The third-order valence-corrected chi connectivity index (χ3v) is 6.63. The van der Waals surface area contributed by atoms with Crippen LogP contribution in [0.5, 0.6) is 11.8 Å². The molecule has 1 aliphatic heterocycles. The predicted octanol–water partition coefficient (Wildman–Crippen LogP) is 2.19. The summed E-state index contributed by atoms with van der Waals surface area (Å²) >= 11 is 0. The number of carbonyl (C=O) groups is 1. The Morgan fingerprint density at radius 2 is 2.03 bits per heavy atom. The molecule has 2 unspecified atom stereocenters. The molecule has 35 heavy (non-hydrogen) atoms. The van der Waals surface area contributed by atoms with Gasteiger partial charge in [-0.15, -0.1) is 0 Å². The quantitative estimate of drug-likeness (QED) is 0.511. The van der Waals surface area contributed by atoms with Crippen molar-refractivity contribution < 1.29 is 18.7 Å². The van der Waals surface area contributed by atoms with Gasteiger partial charge in [0.15, 0.2) is 11.6 Å². The highest BCUT2D eigenvalue weighted by atomic mass is 19.1. The number of rotatable bonds is 10. The molecule has 190 valence electrons. The van der Waals surface area contributed by atoms with Gasteiger partial charge in [-0.2, -0.15) is 15.0 Å². The minimum Gasteiger partial charge on any atom is -0.488 e. The van der Waals surface area contributed by atoms with E-state index >= 15 is 0 Å². The highest BCUT2D eigenvalue weighted by molar-refractivity contribution is 5.90. The lowest BCUT2D eigenvalue weighted by molar-refractivity contribution is 0.0926. The van der Waals surface area contributed by atoms with E-state index < -0.39 is 5.67 Å². The van der Waals surface area contributed by atoms with Gasteiger partial charge in [0.25, 0.3) is 5.91 Å². The van der Waals surface area contributed by atoms with Crippen LogP contribution in [0.25, 0.3) is 0 Å². The first-order chi connectivity index (χ1) is 16.7. The molecule has 11 nitrogen and oxygen atoms in total. The fraction of sp³-hybridized carbons (Fsp3) is 0.652. The lowest BCUT2D eigenvalue weighted by atomic mass is 9.98. The van der Waals surface area contributed by atoms with Crippen molar-refractivity contribution in [1.29, 1.82) is 0 Å². The number of piperidine rings is 1. The molecule has 1 saturated carbocycles. The SMILES string of the molecule is CC[C@@H](C)NC(=O)c1nc(OCC2CC2(C)F)nc(N2CCC(COc3cncnc3N)CC2)n1. The van der Waals surface area contributed by atoms with Gasteiger partial charge in [0.05, 0.1) is 19.4 Å². The van der Waals surface area contributed by atoms with Crippen LogP contribution in [0.3, 0.4) is 0 Å². The summed E-state index contributed by atoms with van der Waals surface area (Å²) in [5, 5.41) is 2.87. The Morgan fingerprint density at radius 1 is 1.29 bits per heavy atom. The van der Waals surface area contributed by atoms with Crippen LogP contribution in [-0.2, 0) is 0 Å². The molecule has 0 aromatic carbocycles.